The lowest BCUT2D eigenvalue weighted by molar-refractivity contribution is 0.168. The average molecular weight is 360 g/mol. The van der Waals surface area contributed by atoms with Crippen molar-refractivity contribution in [2.75, 3.05) is 13.1 Å². The van der Waals surface area contributed by atoms with Crippen molar-refractivity contribution in [3.63, 3.8) is 0 Å². The highest BCUT2D eigenvalue weighted by atomic mass is 32.1. The highest BCUT2D eigenvalue weighted by molar-refractivity contribution is 7.13. The molecule has 1 unspecified atom stereocenters. The van der Waals surface area contributed by atoms with Gasteiger partial charge in [-0.15, -0.1) is 21.5 Å². The van der Waals surface area contributed by atoms with Crippen molar-refractivity contribution < 1.29 is 9.21 Å². The van der Waals surface area contributed by atoms with E-state index in [2.05, 4.69) is 15.5 Å². The largest absolute Gasteiger partial charge is 0.420 e. The first kappa shape index (κ1) is 16.6. The van der Waals surface area contributed by atoms with Crippen molar-refractivity contribution in [3.05, 3.63) is 23.4 Å². The summed E-state index contributed by atoms with van der Waals surface area (Å²) in [4.78, 5) is 15.5. The Morgan fingerprint density at radius 1 is 1.20 bits per heavy atom. The van der Waals surface area contributed by atoms with Gasteiger partial charge < -0.3 is 14.6 Å². The Hall–Kier alpha value is -1.89. The number of hydrogen-bond acceptors (Lipinski definition) is 5. The molecule has 134 valence electrons. The third-order valence-electron chi connectivity index (χ3n) is 5.16. The summed E-state index contributed by atoms with van der Waals surface area (Å²) in [7, 11) is 0. The lowest BCUT2D eigenvalue weighted by Crippen LogP contribution is -2.48. The van der Waals surface area contributed by atoms with Gasteiger partial charge in [0.2, 0.25) is 5.89 Å². The fraction of sp³-hybridized carbons (Fsp3) is 0.611. The maximum Gasteiger partial charge on any atom is 0.317 e. The highest BCUT2D eigenvalue weighted by Crippen LogP contribution is 2.30. The molecule has 4 rings (SSSR count). The minimum absolute atomic E-state index is 0.0644. The van der Waals surface area contributed by atoms with Gasteiger partial charge in [-0.25, -0.2) is 4.79 Å². The van der Waals surface area contributed by atoms with Gasteiger partial charge >= 0.3 is 6.03 Å². The molecule has 0 radical (unpaired) electrons. The molecule has 7 heteroatoms. The number of amides is 2. The second kappa shape index (κ2) is 7.56. The minimum Gasteiger partial charge on any atom is -0.420 e. The van der Waals surface area contributed by atoms with Crippen molar-refractivity contribution in [1.29, 1.82) is 0 Å². The van der Waals surface area contributed by atoms with Crippen LogP contribution in [0.25, 0.3) is 10.8 Å². The predicted octanol–water partition coefficient (Wildman–Crippen LogP) is 4.02. The van der Waals surface area contributed by atoms with Crippen LogP contribution in [0, 0.1) is 0 Å². The molecule has 6 nitrogen and oxygen atoms in total. The van der Waals surface area contributed by atoms with Crippen LogP contribution in [-0.4, -0.2) is 40.3 Å². The molecule has 2 aliphatic rings. The molecule has 0 spiro atoms. The van der Waals surface area contributed by atoms with Gasteiger partial charge in [0.15, 0.2) is 0 Å². The molecule has 2 amide bonds. The zero-order valence-corrected chi connectivity index (χ0v) is 15.1. The molecule has 1 saturated carbocycles. The Kier molecular flexibility index (Phi) is 5.01. The van der Waals surface area contributed by atoms with Gasteiger partial charge in [-0.05, 0) is 37.1 Å². The number of piperidine rings is 1. The van der Waals surface area contributed by atoms with Gasteiger partial charge in [-0.1, -0.05) is 25.3 Å². The van der Waals surface area contributed by atoms with Crippen LogP contribution in [0.3, 0.4) is 0 Å². The van der Waals surface area contributed by atoms with Gasteiger partial charge in [0, 0.05) is 19.1 Å². The van der Waals surface area contributed by atoms with Crippen LogP contribution < -0.4 is 5.32 Å². The molecular weight excluding hydrogens is 336 g/mol. The number of likely N-dealkylation sites (tertiary alicyclic amines) is 1. The zero-order valence-electron chi connectivity index (χ0n) is 14.3. The summed E-state index contributed by atoms with van der Waals surface area (Å²) < 4.78 is 5.88. The molecule has 1 aliphatic heterocycles. The van der Waals surface area contributed by atoms with E-state index in [0.717, 1.165) is 37.1 Å². The molecule has 1 atom stereocenters. The van der Waals surface area contributed by atoms with Crippen LogP contribution >= 0.6 is 11.3 Å². The van der Waals surface area contributed by atoms with Gasteiger partial charge in [-0.3, -0.25) is 0 Å². The maximum atomic E-state index is 12.6. The van der Waals surface area contributed by atoms with Crippen molar-refractivity contribution in [3.8, 4) is 10.8 Å². The number of thiophene rings is 1. The normalized spacial score (nSPS) is 22.1. The van der Waals surface area contributed by atoms with E-state index in [1.807, 2.05) is 22.4 Å². The molecule has 0 aromatic carbocycles. The molecule has 2 aromatic heterocycles. The Balaban J connectivity index is 1.38. The van der Waals surface area contributed by atoms with Gasteiger partial charge in [0.25, 0.3) is 5.89 Å². The predicted molar refractivity (Wildman–Crippen MR) is 96.6 cm³/mol. The number of nitrogens with one attached hydrogen (secondary N) is 1. The van der Waals surface area contributed by atoms with Gasteiger partial charge in [0.05, 0.1) is 10.8 Å². The van der Waals surface area contributed by atoms with E-state index in [-0.39, 0.29) is 11.9 Å². The number of aromatic nitrogens is 2. The van der Waals surface area contributed by atoms with E-state index in [0.29, 0.717) is 24.4 Å². The lowest BCUT2D eigenvalue weighted by Gasteiger charge is -2.33. The lowest BCUT2D eigenvalue weighted by atomic mass is 9.95. The van der Waals surface area contributed by atoms with Crippen LogP contribution in [0.4, 0.5) is 4.79 Å². The molecule has 1 saturated heterocycles. The number of hydrogen-bond donors (Lipinski definition) is 1. The van der Waals surface area contributed by atoms with Crippen LogP contribution in [0.5, 0.6) is 0 Å². The molecule has 1 N–H and O–H groups in total. The fourth-order valence-electron chi connectivity index (χ4n) is 3.78. The summed E-state index contributed by atoms with van der Waals surface area (Å²) in [5, 5.41) is 13.6. The van der Waals surface area contributed by atoms with Gasteiger partial charge in [0.1, 0.15) is 0 Å². The van der Waals surface area contributed by atoms with Crippen LogP contribution in [0.2, 0.25) is 0 Å². The molecule has 3 heterocycles. The van der Waals surface area contributed by atoms with E-state index < -0.39 is 0 Å². The number of rotatable bonds is 3. The Morgan fingerprint density at radius 2 is 2.08 bits per heavy atom. The van der Waals surface area contributed by atoms with Crippen molar-refractivity contribution in [1.82, 2.24) is 20.4 Å². The summed E-state index contributed by atoms with van der Waals surface area (Å²) in [6, 6.07) is 4.36. The van der Waals surface area contributed by atoms with Crippen molar-refractivity contribution >= 4 is 17.4 Å². The second-order valence-corrected chi connectivity index (χ2v) is 7.94. The summed E-state index contributed by atoms with van der Waals surface area (Å²) in [5.41, 5.74) is 0. The van der Waals surface area contributed by atoms with Crippen LogP contribution in [0.15, 0.2) is 21.9 Å². The number of nitrogens with zero attached hydrogens (tertiary/aromatic N) is 3. The average Bonchev–Trinajstić information content (AvgIpc) is 3.34. The smallest absolute Gasteiger partial charge is 0.317 e. The Morgan fingerprint density at radius 3 is 2.88 bits per heavy atom. The Bertz CT molecular complexity index is 694. The first-order valence-electron chi connectivity index (χ1n) is 9.22. The quantitative estimate of drug-likeness (QED) is 0.897. The first-order chi connectivity index (χ1) is 12.3. The maximum absolute atomic E-state index is 12.6. The third-order valence-corrected chi connectivity index (χ3v) is 6.02. The molecule has 2 aromatic rings. The molecular formula is C18H24N4O2S. The SMILES string of the molecule is O=C(NC1CCCCC1)N1CCCC(c2nnc(-c3cccs3)o2)C1. The van der Waals surface area contributed by atoms with E-state index in [1.54, 1.807) is 11.3 Å². The topological polar surface area (TPSA) is 71.3 Å². The summed E-state index contributed by atoms with van der Waals surface area (Å²) in [6.07, 6.45) is 7.91. The number of carbonyl (C=O) groups is 1. The van der Waals surface area contributed by atoms with Gasteiger partial charge in [-0.2, -0.15) is 0 Å². The monoisotopic (exact) mass is 360 g/mol. The van der Waals surface area contributed by atoms with Crippen LogP contribution in [0.1, 0.15) is 56.8 Å². The molecule has 1 aliphatic carbocycles. The van der Waals surface area contributed by atoms with E-state index in [4.69, 9.17) is 4.42 Å². The van der Waals surface area contributed by atoms with E-state index in [9.17, 15) is 4.79 Å². The summed E-state index contributed by atoms with van der Waals surface area (Å²) in [6.45, 7) is 1.46. The summed E-state index contributed by atoms with van der Waals surface area (Å²) >= 11 is 1.59. The van der Waals surface area contributed by atoms with Crippen molar-refractivity contribution in [2.45, 2.75) is 56.9 Å². The Labute approximate surface area is 151 Å². The molecule has 2 fully saturated rings. The second-order valence-electron chi connectivity index (χ2n) is 6.99. The zero-order chi connectivity index (χ0) is 17.1. The summed E-state index contributed by atoms with van der Waals surface area (Å²) in [5.74, 6) is 1.36. The third kappa shape index (κ3) is 3.86. The molecule has 25 heavy (non-hydrogen) atoms. The number of urea groups is 1. The van der Waals surface area contributed by atoms with Crippen molar-refractivity contribution in [2.24, 2.45) is 0 Å². The van der Waals surface area contributed by atoms with E-state index in [1.165, 1.54) is 19.3 Å². The molecule has 0 bridgehead atoms. The standard InChI is InChI=1S/C18H24N4O2S/c23-18(19-14-7-2-1-3-8-14)22-10-4-6-13(12-22)16-20-21-17(24-16)15-9-5-11-25-15/h5,9,11,13-14H,1-4,6-8,10,12H2,(H,19,23). The van der Waals surface area contributed by atoms with Crippen LogP contribution in [-0.2, 0) is 0 Å². The minimum atomic E-state index is 0.0644. The fourth-order valence-corrected chi connectivity index (χ4v) is 4.42. The van der Waals surface area contributed by atoms with E-state index >= 15 is 0 Å². The number of carbonyl (C=O) groups excluding carboxylic acids is 1. The first-order valence-corrected chi connectivity index (χ1v) is 10.1. The highest BCUT2D eigenvalue weighted by Gasteiger charge is 2.29.